The second-order valence-corrected chi connectivity index (χ2v) is 6.38. The van der Waals surface area contributed by atoms with Gasteiger partial charge < -0.3 is 15.5 Å². The van der Waals surface area contributed by atoms with Crippen molar-refractivity contribution in [3.63, 3.8) is 0 Å². The second-order valence-electron chi connectivity index (χ2n) is 6.38. The summed E-state index contributed by atoms with van der Waals surface area (Å²) in [5, 5.41) is 25.9. The molecule has 0 saturated heterocycles. The smallest absolute Gasteiger partial charge is 0.275 e. The van der Waals surface area contributed by atoms with Gasteiger partial charge in [0.2, 0.25) is 0 Å². The lowest BCUT2D eigenvalue weighted by Crippen LogP contribution is -2.29. The van der Waals surface area contributed by atoms with E-state index in [-0.39, 0.29) is 24.0 Å². The topological polar surface area (TPSA) is 87.4 Å². The first-order valence-electron chi connectivity index (χ1n) is 8.20. The van der Waals surface area contributed by atoms with Gasteiger partial charge in [0.15, 0.2) is 11.4 Å². The molecule has 1 amide bonds. The molecule has 3 N–H and O–H groups in total. The maximum Gasteiger partial charge on any atom is 0.275 e. The van der Waals surface area contributed by atoms with Crippen LogP contribution in [-0.4, -0.2) is 39.1 Å². The highest BCUT2D eigenvalue weighted by molar-refractivity contribution is 5.94. The number of aliphatic hydroxyl groups is 1. The first-order valence-corrected chi connectivity index (χ1v) is 8.20. The quantitative estimate of drug-likeness (QED) is 0.727. The molecule has 1 aromatic carbocycles. The van der Waals surface area contributed by atoms with Gasteiger partial charge in [0, 0.05) is 13.2 Å². The van der Waals surface area contributed by atoms with Crippen molar-refractivity contribution in [1.82, 2.24) is 15.1 Å². The number of aromatic nitrogens is 2. The highest BCUT2D eigenvalue weighted by atomic mass is 16.3. The van der Waals surface area contributed by atoms with Crippen molar-refractivity contribution in [1.29, 1.82) is 0 Å². The van der Waals surface area contributed by atoms with Crippen molar-refractivity contribution in [3.8, 4) is 11.4 Å². The van der Waals surface area contributed by atoms with Gasteiger partial charge in [-0.1, -0.05) is 32.9 Å². The third-order valence-corrected chi connectivity index (χ3v) is 3.94. The Balaban J connectivity index is 2.15. The van der Waals surface area contributed by atoms with Crippen LogP contribution >= 0.6 is 0 Å². The number of hydrogen-bond acceptors (Lipinski definition) is 4. The minimum atomic E-state index is -0.420. The van der Waals surface area contributed by atoms with Gasteiger partial charge in [0.1, 0.15) is 0 Å². The predicted molar refractivity (Wildman–Crippen MR) is 92.5 cm³/mol. The monoisotopic (exact) mass is 331 g/mol. The Morgan fingerprint density at radius 2 is 2.08 bits per heavy atom. The Kier molecular flexibility index (Phi) is 5.98. The standard InChI is InChI=1S/C18H25N3O3/c1-12(2)14-5-4-6-15(9-14)21-11-16(23)17(20-21)18(24)19-10-13(3)7-8-22/h4-6,9,11-13,22-23H,7-8,10H2,1-3H3,(H,19,24). The minimum Gasteiger partial charge on any atom is -0.504 e. The van der Waals surface area contributed by atoms with Crippen molar-refractivity contribution < 1.29 is 15.0 Å². The van der Waals surface area contributed by atoms with E-state index in [2.05, 4.69) is 24.3 Å². The molecule has 1 unspecified atom stereocenters. The fourth-order valence-electron chi connectivity index (χ4n) is 2.36. The summed E-state index contributed by atoms with van der Waals surface area (Å²) in [5.41, 5.74) is 1.96. The van der Waals surface area contributed by atoms with E-state index in [0.29, 0.717) is 18.9 Å². The lowest BCUT2D eigenvalue weighted by molar-refractivity contribution is 0.0937. The highest BCUT2D eigenvalue weighted by Crippen LogP contribution is 2.21. The van der Waals surface area contributed by atoms with E-state index in [0.717, 1.165) is 11.3 Å². The minimum absolute atomic E-state index is 0.00106. The molecule has 0 aliphatic heterocycles. The first-order chi connectivity index (χ1) is 11.4. The third-order valence-electron chi connectivity index (χ3n) is 3.94. The zero-order valence-electron chi connectivity index (χ0n) is 14.4. The summed E-state index contributed by atoms with van der Waals surface area (Å²) in [6.07, 6.45) is 2.05. The molecular weight excluding hydrogens is 306 g/mol. The summed E-state index contributed by atoms with van der Waals surface area (Å²) in [7, 11) is 0. The molecule has 0 bridgehead atoms. The predicted octanol–water partition coefficient (Wildman–Crippen LogP) is 2.45. The van der Waals surface area contributed by atoms with Gasteiger partial charge in [-0.25, -0.2) is 4.68 Å². The van der Waals surface area contributed by atoms with Crippen molar-refractivity contribution in [2.45, 2.75) is 33.1 Å². The van der Waals surface area contributed by atoms with E-state index >= 15 is 0 Å². The molecule has 130 valence electrons. The Bertz CT molecular complexity index is 695. The number of benzene rings is 1. The van der Waals surface area contributed by atoms with Crippen LogP contribution in [0, 0.1) is 5.92 Å². The average molecular weight is 331 g/mol. The Hall–Kier alpha value is -2.34. The number of aliphatic hydroxyl groups excluding tert-OH is 1. The second kappa shape index (κ2) is 7.97. The van der Waals surface area contributed by atoms with Gasteiger partial charge in [-0.05, 0) is 36.0 Å². The van der Waals surface area contributed by atoms with Gasteiger partial charge >= 0.3 is 0 Å². The molecule has 1 atom stereocenters. The Morgan fingerprint density at radius 1 is 1.33 bits per heavy atom. The van der Waals surface area contributed by atoms with Gasteiger partial charge in [-0.15, -0.1) is 0 Å². The number of rotatable bonds is 7. The molecule has 24 heavy (non-hydrogen) atoms. The van der Waals surface area contributed by atoms with E-state index in [1.165, 1.54) is 10.9 Å². The fraction of sp³-hybridized carbons (Fsp3) is 0.444. The van der Waals surface area contributed by atoms with E-state index < -0.39 is 5.91 Å². The lowest BCUT2D eigenvalue weighted by Gasteiger charge is -2.10. The summed E-state index contributed by atoms with van der Waals surface area (Å²) >= 11 is 0. The normalized spacial score (nSPS) is 12.4. The molecular formula is C18H25N3O3. The van der Waals surface area contributed by atoms with Crippen LogP contribution < -0.4 is 5.32 Å². The largest absolute Gasteiger partial charge is 0.504 e. The SMILES string of the molecule is CC(CCO)CNC(=O)c1nn(-c2cccc(C(C)C)c2)cc1O. The molecule has 6 heteroatoms. The van der Waals surface area contributed by atoms with E-state index in [1.807, 2.05) is 31.2 Å². The van der Waals surface area contributed by atoms with Crippen LogP contribution in [0.3, 0.4) is 0 Å². The molecule has 6 nitrogen and oxygen atoms in total. The Labute approximate surface area is 142 Å². The van der Waals surface area contributed by atoms with E-state index in [4.69, 9.17) is 5.11 Å². The molecule has 0 fully saturated rings. The van der Waals surface area contributed by atoms with Crippen LogP contribution in [0.25, 0.3) is 5.69 Å². The first kappa shape index (κ1) is 18.0. The molecule has 1 heterocycles. The van der Waals surface area contributed by atoms with Crippen LogP contribution in [-0.2, 0) is 0 Å². The van der Waals surface area contributed by atoms with E-state index in [9.17, 15) is 9.90 Å². The van der Waals surface area contributed by atoms with Crippen LogP contribution in [0.2, 0.25) is 0 Å². The summed E-state index contributed by atoms with van der Waals surface area (Å²) < 4.78 is 1.51. The highest BCUT2D eigenvalue weighted by Gasteiger charge is 2.17. The zero-order chi connectivity index (χ0) is 17.7. The number of hydrogen-bond donors (Lipinski definition) is 3. The summed E-state index contributed by atoms with van der Waals surface area (Å²) in [5.74, 6) is -0.0379. The number of carbonyl (C=O) groups excluding carboxylic acids is 1. The van der Waals surface area contributed by atoms with Crippen molar-refractivity contribution >= 4 is 5.91 Å². The molecule has 0 radical (unpaired) electrons. The summed E-state index contributed by atoms with van der Waals surface area (Å²) in [6.45, 7) is 6.65. The number of amides is 1. The molecule has 0 saturated carbocycles. The maximum atomic E-state index is 12.2. The molecule has 2 rings (SSSR count). The maximum absolute atomic E-state index is 12.2. The molecule has 1 aromatic heterocycles. The van der Waals surface area contributed by atoms with Gasteiger partial charge in [-0.3, -0.25) is 4.79 Å². The van der Waals surface area contributed by atoms with Gasteiger partial charge in [-0.2, -0.15) is 5.10 Å². The van der Waals surface area contributed by atoms with Crippen LogP contribution in [0.15, 0.2) is 30.5 Å². The Morgan fingerprint density at radius 3 is 2.75 bits per heavy atom. The zero-order valence-corrected chi connectivity index (χ0v) is 14.4. The van der Waals surface area contributed by atoms with Crippen molar-refractivity contribution in [3.05, 3.63) is 41.7 Å². The molecule has 0 aliphatic rings. The summed E-state index contributed by atoms with van der Waals surface area (Å²) in [6, 6.07) is 7.83. The van der Waals surface area contributed by atoms with Crippen molar-refractivity contribution in [2.75, 3.05) is 13.2 Å². The lowest BCUT2D eigenvalue weighted by atomic mass is 10.0. The number of carbonyl (C=O) groups is 1. The van der Waals surface area contributed by atoms with Crippen LogP contribution in [0.5, 0.6) is 5.75 Å². The number of nitrogens with zero attached hydrogens (tertiary/aromatic N) is 2. The average Bonchev–Trinajstić information content (AvgIpc) is 2.95. The third kappa shape index (κ3) is 4.35. The summed E-state index contributed by atoms with van der Waals surface area (Å²) in [4.78, 5) is 12.2. The van der Waals surface area contributed by atoms with Crippen LogP contribution in [0.1, 0.15) is 49.2 Å². The number of nitrogens with one attached hydrogen (secondary N) is 1. The van der Waals surface area contributed by atoms with Crippen LogP contribution in [0.4, 0.5) is 0 Å². The molecule has 0 aliphatic carbocycles. The van der Waals surface area contributed by atoms with Gasteiger partial charge in [0.25, 0.3) is 5.91 Å². The number of aromatic hydroxyl groups is 1. The fourth-order valence-corrected chi connectivity index (χ4v) is 2.36. The molecule has 2 aromatic rings. The molecule has 0 spiro atoms. The van der Waals surface area contributed by atoms with Crippen molar-refractivity contribution in [2.24, 2.45) is 5.92 Å². The van der Waals surface area contributed by atoms with Gasteiger partial charge in [0.05, 0.1) is 11.9 Å². The van der Waals surface area contributed by atoms with E-state index in [1.54, 1.807) is 0 Å².